The maximum absolute atomic E-state index is 14.4. The van der Waals surface area contributed by atoms with Gasteiger partial charge in [-0.05, 0) is 24.2 Å². The molecule has 2 rings (SSSR count). The molecule has 1 aromatic carbocycles. The van der Waals surface area contributed by atoms with Crippen LogP contribution >= 0.6 is 24.0 Å². The molecule has 0 aliphatic carbocycles. The normalized spacial score (nSPS) is 16.0. The summed E-state index contributed by atoms with van der Waals surface area (Å²) < 4.78 is 14.4. The van der Waals surface area contributed by atoms with Gasteiger partial charge in [-0.25, -0.2) is 4.39 Å². The molecule has 1 saturated heterocycles. The number of halogens is 2. The molecule has 0 spiro atoms. The number of piperazine rings is 1. The highest BCUT2D eigenvalue weighted by Crippen LogP contribution is 2.22. The van der Waals surface area contributed by atoms with E-state index in [0.29, 0.717) is 18.2 Å². The topological polar surface area (TPSA) is 42.9 Å². The zero-order chi connectivity index (χ0) is 15.9. The van der Waals surface area contributed by atoms with Crippen LogP contribution in [0.5, 0.6) is 0 Å². The molecule has 1 aliphatic heterocycles. The first kappa shape index (κ1) is 20.0. The molecule has 5 nitrogen and oxygen atoms in total. The molecule has 0 atom stereocenters. The third-order valence-corrected chi connectivity index (χ3v) is 4.09. The molecule has 2 N–H and O–H groups in total. The Morgan fingerprint density at radius 2 is 1.96 bits per heavy atom. The van der Waals surface area contributed by atoms with Crippen LogP contribution in [0.3, 0.4) is 0 Å². The maximum Gasteiger partial charge on any atom is 0.190 e. The number of nitrogens with zero attached hydrogens (tertiary/aromatic N) is 3. The van der Waals surface area contributed by atoms with Gasteiger partial charge in [0.25, 0.3) is 0 Å². The van der Waals surface area contributed by atoms with Crippen LogP contribution in [0.2, 0.25) is 0 Å². The fraction of sp³-hybridized carbons (Fsp3) is 0.562. The van der Waals surface area contributed by atoms with Gasteiger partial charge in [-0.2, -0.15) is 0 Å². The van der Waals surface area contributed by atoms with Crippen LogP contribution in [0.4, 0.5) is 10.1 Å². The zero-order valence-corrected chi connectivity index (χ0v) is 16.4. The number of hydrogen-bond acceptors (Lipinski definition) is 3. The summed E-state index contributed by atoms with van der Waals surface area (Å²) >= 11 is 0. The first-order valence-electron chi connectivity index (χ1n) is 7.82. The average Bonchev–Trinajstić information content (AvgIpc) is 2.56. The van der Waals surface area contributed by atoms with Gasteiger partial charge in [0.15, 0.2) is 5.96 Å². The van der Waals surface area contributed by atoms with E-state index in [0.717, 1.165) is 38.3 Å². The van der Waals surface area contributed by atoms with Crippen LogP contribution < -0.4 is 15.5 Å². The smallest absolute Gasteiger partial charge is 0.190 e. The zero-order valence-electron chi connectivity index (χ0n) is 14.1. The first-order chi connectivity index (χ1) is 10.7. The second-order valence-corrected chi connectivity index (χ2v) is 5.38. The predicted octanol–water partition coefficient (Wildman–Crippen LogP) is 1.88. The van der Waals surface area contributed by atoms with E-state index >= 15 is 0 Å². The number of benzene rings is 1. The molecule has 0 amide bonds. The summed E-state index contributed by atoms with van der Waals surface area (Å²) in [6, 6.07) is 5.47. The van der Waals surface area contributed by atoms with Crippen LogP contribution in [-0.4, -0.2) is 57.7 Å². The van der Waals surface area contributed by atoms with Crippen molar-refractivity contribution in [2.45, 2.75) is 13.5 Å². The van der Waals surface area contributed by atoms with E-state index in [-0.39, 0.29) is 29.8 Å². The van der Waals surface area contributed by atoms with Crippen LogP contribution in [0.1, 0.15) is 12.5 Å². The van der Waals surface area contributed by atoms with E-state index in [1.807, 2.05) is 12.1 Å². The minimum atomic E-state index is -0.149. The maximum atomic E-state index is 14.4. The summed E-state index contributed by atoms with van der Waals surface area (Å²) in [5, 5.41) is 6.07. The molecule has 0 saturated carbocycles. The van der Waals surface area contributed by atoms with Crippen LogP contribution in [0.25, 0.3) is 0 Å². The number of guanidine groups is 1. The van der Waals surface area contributed by atoms with Crippen molar-refractivity contribution in [3.05, 3.63) is 29.6 Å². The fourth-order valence-corrected chi connectivity index (χ4v) is 2.69. The van der Waals surface area contributed by atoms with E-state index in [4.69, 9.17) is 0 Å². The van der Waals surface area contributed by atoms with Crippen molar-refractivity contribution in [2.24, 2.45) is 4.99 Å². The molecule has 1 aromatic rings. The first-order valence-corrected chi connectivity index (χ1v) is 7.82. The number of hydrogen-bond donors (Lipinski definition) is 2. The van der Waals surface area contributed by atoms with Gasteiger partial charge in [0.2, 0.25) is 0 Å². The Morgan fingerprint density at radius 3 is 2.48 bits per heavy atom. The quantitative estimate of drug-likeness (QED) is 0.431. The molecule has 0 unspecified atom stereocenters. The number of rotatable bonds is 4. The standard InChI is InChI=1S/C16H26FN5.HI/c1-4-21-7-9-22(10-8-21)15-6-5-13(11-14(15)17)12-20-16(18-2)19-3;/h5-6,11H,4,7-10,12H2,1-3H3,(H2,18,19,20);1H. The Labute approximate surface area is 155 Å². The van der Waals surface area contributed by atoms with Gasteiger partial charge in [-0.1, -0.05) is 13.0 Å². The lowest BCUT2D eigenvalue weighted by atomic mass is 10.1. The van der Waals surface area contributed by atoms with Crippen molar-refractivity contribution in [1.29, 1.82) is 0 Å². The molecule has 130 valence electrons. The summed E-state index contributed by atoms with van der Waals surface area (Å²) in [7, 11) is 3.51. The molecular weight excluding hydrogens is 408 g/mol. The third kappa shape index (κ3) is 5.49. The largest absolute Gasteiger partial charge is 0.367 e. The lowest BCUT2D eigenvalue weighted by Crippen LogP contribution is -2.46. The van der Waals surface area contributed by atoms with E-state index in [1.165, 1.54) is 0 Å². The average molecular weight is 435 g/mol. The van der Waals surface area contributed by atoms with Crippen molar-refractivity contribution in [3.8, 4) is 0 Å². The van der Waals surface area contributed by atoms with E-state index in [1.54, 1.807) is 20.2 Å². The van der Waals surface area contributed by atoms with Crippen LogP contribution in [-0.2, 0) is 6.54 Å². The second-order valence-electron chi connectivity index (χ2n) is 5.38. The Bertz CT molecular complexity index is 515. The second kappa shape index (κ2) is 9.92. The SMILES string of the molecule is CCN1CCN(c2ccc(CNC(=NC)NC)cc2F)CC1.I. The highest BCUT2D eigenvalue weighted by Gasteiger charge is 2.18. The van der Waals surface area contributed by atoms with E-state index in [9.17, 15) is 4.39 Å². The molecule has 0 bridgehead atoms. The van der Waals surface area contributed by atoms with Crippen LogP contribution in [0, 0.1) is 5.82 Å². The predicted molar refractivity (Wildman–Crippen MR) is 105 cm³/mol. The Balaban J connectivity index is 0.00000264. The lowest BCUT2D eigenvalue weighted by Gasteiger charge is -2.35. The monoisotopic (exact) mass is 435 g/mol. The lowest BCUT2D eigenvalue weighted by molar-refractivity contribution is 0.270. The number of aliphatic imine (C=N–C) groups is 1. The van der Waals surface area contributed by atoms with Crippen molar-refractivity contribution in [2.75, 3.05) is 51.7 Å². The van der Waals surface area contributed by atoms with Crippen LogP contribution in [0.15, 0.2) is 23.2 Å². The van der Waals surface area contributed by atoms with Gasteiger partial charge < -0.3 is 20.4 Å². The number of nitrogens with one attached hydrogen (secondary N) is 2. The van der Waals surface area contributed by atoms with Crippen molar-refractivity contribution in [3.63, 3.8) is 0 Å². The minimum absolute atomic E-state index is 0. The van der Waals surface area contributed by atoms with Crippen molar-refractivity contribution >= 4 is 35.6 Å². The Hall–Kier alpha value is -1.09. The van der Waals surface area contributed by atoms with Gasteiger partial charge in [0, 0.05) is 46.8 Å². The molecule has 1 fully saturated rings. The molecule has 1 heterocycles. The van der Waals surface area contributed by atoms with Crippen molar-refractivity contribution in [1.82, 2.24) is 15.5 Å². The summed E-state index contributed by atoms with van der Waals surface area (Å²) in [5.74, 6) is 0.545. The molecule has 1 aliphatic rings. The molecule has 0 aromatic heterocycles. The van der Waals surface area contributed by atoms with Gasteiger partial charge in [0.05, 0.1) is 5.69 Å². The van der Waals surface area contributed by atoms with Gasteiger partial charge in [-0.15, -0.1) is 24.0 Å². The van der Waals surface area contributed by atoms with Gasteiger partial charge >= 0.3 is 0 Å². The Kier molecular flexibility index (Phi) is 8.60. The number of anilines is 1. The van der Waals surface area contributed by atoms with Gasteiger partial charge in [0.1, 0.15) is 5.82 Å². The highest BCUT2D eigenvalue weighted by molar-refractivity contribution is 14.0. The summed E-state index contributed by atoms with van der Waals surface area (Å²) in [6.07, 6.45) is 0. The molecular formula is C16H27FIN5. The van der Waals surface area contributed by atoms with Gasteiger partial charge in [-0.3, -0.25) is 4.99 Å². The highest BCUT2D eigenvalue weighted by atomic mass is 127. The summed E-state index contributed by atoms with van der Waals surface area (Å²) in [4.78, 5) is 8.55. The molecule has 0 radical (unpaired) electrons. The summed E-state index contributed by atoms with van der Waals surface area (Å²) in [5.41, 5.74) is 1.61. The van der Waals surface area contributed by atoms with E-state index in [2.05, 4.69) is 32.3 Å². The third-order valence-electron chi connectivity index (χ3n) is 4.09. The van der Waals surface area contributed by atoms with Crippen molar-refractivity contribution < 1.29 is 4.39 Å². The minimum Gasteiger partial charge on any atom is -0.367 e. The molecule has 23 heavy (non-hydrogen) atoms. The summed E-state index contributed by atoms with van der Waals surface area (Å²) in [6.45, 7) is 7.54. The van der Waals surface area contributed by atoms with E-state index < -0.39 is 0 Å². The number of likely N-dealkylation sites (N-methyl/N-ethyl adjacent to an activating group) is 1. The Morgan fingerprint density at radius 1 is 1.26 bits per heavy atom. The fourth-order valence-electron chi connectivity index (χ4n) is 2.69. The molecule has 7 heteroatoms.